The first-order valence-corrected chi connectivity index (χ1v) is 8.56. The maximum atomic E-state index is 13.0. The molecule has 1 aliphatic heterocycles. The fourth-order valence-electron chi connectivity index (χ4n) is 2.96. The van der Waals surface area contributed by atoms with Crippen LogP contribution in [-0.2, 0) is 16.9 Å². The molecular formula is C20H23N3O3. The van der Waals surface area contributed by atoms with Gasteiger partial charge in [0.15, 0.2) is 11.1 Å². The van der Waals surface area contributed by atoms with Crippen LogP contribution >= 0.6 is 0 Å². The molecular weight excluding hydrogens is 330 g/mol. The van der Waals surface area contributed by atoms with Gasteiger partial charge in [0.05, 0.1) is 12.2 Å². The Hall–Kier alpha value is -2.73. The molecule has 1 amide bonds. The molecule has 0 saturated carbocycles. The van der Waals surface area contributed by atoms with Crippen LogP contribution < -0.4 is 4.90 Å². The van der Waals surface area contributed by atoms with E-state index in [1.54, 1.807) is 43.9 Å². The first-order chi connectivity index (χ1) is 12.2. The van der Waals surface area contributed by atoms with Gasteiger partial charge in [-0.2, -0.15) is 0 Å². The number of benzene rings is 2. The molecule has 1 atom stereocenters. The molecule has 136 valence electrons. The lowest BCUT2D eigenvalue weighted by Crippen LogP contribution is -2.43. The molecule has 0 radical (unpaired) electrons. The number of hydroxylamine groups is 1. The summed E-state index contributed by atoms with van der Waals surface area (Å²) in [5.41, 5.74) is -0.489. The van der Waals surface area contributed by atoms with Gasteiger partial charge in [0, 0.05) is 26.3 Å². The van der Waals surface area contributed by atoms with Crippen molar-refractivity contribution in [2.75, 3.05) is 11.4 Å². The molecule has 2 aromatic carbocycles. The molecule has 26 heavy (non-hydrogen) atoms. The third-order valence-electron chi connectivity index (χ3n) is 4.42. The fraction of sp³-hybridized carbons (Fsp3) is 0.350. The van der Waals surface area contributed by atoms with Crippen LogP contribution in [0.4, 0.5) is 5.69 Å². The molecule has 0 saturated heterocycles. The number of carbonyl (C=O) groups is 1. The summed E-state index contributed by atoms with van der Waals surface area (Å²) in [5, 5.41) is 27.1. The van der Waals surface area contributed by atoms with Crippen LogP contribution in [0.2, 0.25) is 0 Å². The summed E-state index contributed by atoms with van der Waals surface area (Å²) in [6, 6.07) is 16.7. The van der Waals surface area contributed by atoms with E-state index in [1.165, 1.54) is 0 Å². The smallest absolute Gasteiger partial charge is 0.266 e. The van der Waals surface area contributed by atoms with E-state index in [1.807, 2.05) is 36.4 Å². The second-order valence-corrected chi connectivity index (χ2v) is 7.50. The van der Waals surface area contributed by atoms with Crippen LogP contribution in [0.1, 0.15) is 31.9 Å². The van der Waals surface area contributed by atoms with Gasteiger partial charge in [0.2, 0.25) is 0 Å². The number of rotatable bonds is 4. The van der Waals surface area contributed by atoms with E-state index < -0.39 is 17.0 Å². The van der Waals surface area contributed by atoms with Crippen molar-refractivity contribution in [3.63, 3.8) is 0 Å². The zero-order chi connectivity index (χ0) is 18.9. The minimum Gasteiger partial charge on any atom is -0.600 e. The Morgan fingerprint density at radius 1 is 1.12 bits per heavy atom. The van der Waals surface area contributed by atoms with E-state index >= 15 is 0 Å². The van der Waals surface area contributed by atoms with Crippen LogP contribution in [-0.4, -0.2) is 28.0 Å². The summed E-state index contributed by atoms with van der Waals surface area (Å²) >= 11 is 0. The average Bonchev–Trinajstić information content (AvgIpc) is 2.82. The summed E-state index contributed by atoms with van der Waals surface area (Å²) in [4.78, 5) is 15.1. The first kappa shape index (κ1) is 18.1. The number of carbonyl (C=O) groups excluding carboxylic acids is 1. The Bertz CT molecular complexity index is 843. The van der Waals surface area contributed by atoms with Crippen molar-refractivity contribution in [2.24, 2.45) is 5.11 Å². The quantitative estimate of drug-likeness (QED) is 0.521. The average molecular weight is 353 g/mol. The molecule has 6 nitrogen and oxygen atoms in total. The zero-order valence-corrected chi connectivity index (χ0v) is 15.2. The van der Waals surface area contributed by atoms with Crippen molar-refractivity contribution in [1.82, 2.24) is 0 Å². The Labute approximate surface area is 153 Å². The molecule has 0 aromatic heterocycles. The molecule has 0 aliphatic carbocycles. The molecule has 0 bridgehead atoms. The van der Waals surface area contributed by atoms with Crippen LogP contribution in [0.5, 0.6) is 0 Å². The maximum absolute atomic E-state index is 13.0. The molecule has 0 spiro atoms. The number of amides is 1. The molecule has 6 heteroatoms. The highest BCUT2D eigenvalue weighted by atomic mass is 16.5. The second kappa shape index (κ2) is 6.53. The zero-order valence-electron chi connectivity index (χ0n) is 15.2. The minimum atomic E-state index is -1.83. The highest BCUT2D eigenvalue weighted by Gasteiger charge is 2.50. The van der Waals surface area contributed by atoms with E-state index in [2.05, 4.69) is 5.11 Å². The van der Waals surface area contributed by atoms with Crippen LogP contribution in [0.25, 0.3) is 0 Å². The van der Waals surface area contributed by atoms with E-state index in [4.69, 9.17) is 0 Å². The predicted molar refractivity (Wildman–Crippen MR) is 98.6 cm³/mol. The number of para-hydroxylation sites is 1. The summed E-state index contributed by atoms with van der Waals surface area (Å²) in [6.07, 6.45) is 0. The van der Waals surface area contributed by atoms with E-state index in [0.29, 0.717) is 22.7 Å². The Morgan fingerprint density at radius 3 is 2.38 bits per heavy atom. The maximum Gasteiger partial charge on any atom is 0.266 e. The van der Waals surface area contributed by atoms with Gasteiger partial charge in [-0.1, -0.05) is 53.4 Å². The van der Waals surface area contributed by atoms with Gasteiger partial charge in [0.1, 0.15) is 6.54 Å². The molecule has 2 aromatic rings. The minimum absolute atomic E-state index is 0.311. The predicted octanol–water partition coefficient (Wildman–Crippen LogP) is 3.18. The number of hydrogen-bond acceptors (Lipinski definition) is 4. The standard InChI is InChI=1S/C20H23N3O3/c1-19(2,3)23(26)21-14-20(25)16-11-7-8-12-17(16)22(18(20)24)13-15-9-5-4-6-10-15/h4-12,25H,13-14H2,1-3H3. The second-order valence-electron chi connectivity index (χ2n) is 7.50. The van der Waals surface area contributed by atoms with E-state index in [9.17, 15) is 15.1 Å². The number of aliphatic hydroxyl groups is 1. The lowest BCUT2D eigenvalue weighted by atomic mass is 9.96. The number of fused-ring (bicyclic) bond motifs is 1. The largest absolute Gasteiger partial charge is 0.600 e. The molecule has 1 heterocycles. The van der Waals surface area contributed by atoms with Gasteiger partial charge in [-0.05, 0) is 16.7 Å². The van der Waals surface area contributed by atoms with Gasteiger partial charge in [-0.15, -0.1) is 0 Å². The highest BCUT2D eigenvalue weighted by molar-refractivity contribution is 6.07. The lowest BCUT2D eigenvalue weighted by Gasteiger charge is -2.22. The SMILES string of the molecule is CC(C)(C)[N+]([O-])=NCC1(O)C(=O)N(Cc2ccccc2)c2ccccc21. The van der Waals surface area contributed by atoms with Gasteiger partial charge in [-0.25, -0.2) is 0 Å². The first-order valence-electron chi connectivity index (χ1n) is 8.56. The van der Waals surface area contributed by atoms with Crippen molar-refractivity contribution in [2.45, 2.75) is 38.5 Å². The normalized spacial score (nSPS) is 20.4. The van der Waals surface area contributed by atoms with Crippen molar-refractivity contribution >= 4 is 11.6 Å². The molecule has 1 unspecified atom stereocenters. The van der Waals surface area contributed by atoms with Crippen molar-refractivity contribution in [3.8, 4) is 0 Å². The molecule has 1 aliphatic rings. The van der Waals surface area contributed by atoms with Crippen LogP contribution in [0.15, 0.2) is 59.7 Å². The third kappa shape index (κ3) is 3.20. The number of nitrogens with zero attached hydrogens (tertiary/aromatic N) is 3. The van der Waals surface area contributed by atoms with Crippen LogP contribution in [0, 0.1) is 5.21 Å². The van der Waals surface area contributed by atoms with Gasteiger partial charge in [0.25, 0.3) is 5.91 Å². The Balaban J connectivity index is 1.96. The Kier molecular flexibility index (Phi) is 4.54. The van der Waals surface area contributed by atoms with Gasteiger partial charge in [-0.3, -0.25) is 4.79 Å². The van der Waals surface area contributed by atoms with Crippen LogP contribution in [0.3, 0.4) is 0 Å². The van der Waals surface area contributed by atoms with Gasteiger partial charge < -0.3 is 15.2 Å². The van der Waals surface area contributed by atoms with Crippen molar-refractivity contribution < 1.29 is 14.8 Å². The molecule has 0 fully saturated rings. The van der Waals surface area contributed by atoms with E-state index in [0.717, 1.165) is 5.56 Å². The monoisotopic (exact) mass is 353 g/mol. The summed E-state index contributed by atoms with van der Waals surface area (Å²) < 4.78 is 0. The van der Waals surface area contributed by atoms with Gasteiger partial charge >= 0.3 is 0 Å². The summed E-state index contributed by atoms with van der Waals surface area (Å²) in [5.74, 6) is -0.464. The highest BCUT2D eigenvalue weighted by Crippen LogP contribution is 2.41. The van der Waals surface area contributed by atoms with E-state index in [-0.39, 0.29) is 6.54 Å². The molecule has 3 rings (SSSR count). The number of anilines is 1. The lowest BCUT2D eigenvalue weighted by molar-refractivity contribution is -0.600. The summed E-state index contributed by atoms with van der Waals surface area (Å²) in [7, 11) is 0. The Morgan fingerprint density at radius 2 is 1.73 bits per heavy atom. The molecule has 1 N–H and O–H groups in total. The third-order valence-corrected chi connectivity index (χ3v) is 4.42. The summed E-state index contributed by atoms with van der Waals surface area (Å²) in [6.45, 7) is 5.20. The number of hydrogen-bond donors (Lipinski definition) is 1. The van der Waals surface area contributed by atoms with Crippen molar-refractivity contribution in [1.29, 1.82) is 0 Å². The van der Waals surface area contributed by atoms with Crippen molar-refractivity contribution in [3.05, 3.63) is 70.9 Å². The topological polar surface area (TPSA) is 79.0 Å². The number of azo groups is 1. The fourth-order valence-corrected chi connectivity index (χ4v) is 2.96.